The van der Waals surface area contributed by atoms with Crippen LogP contribution in [0.1, 0.15) is 34.1 Å². The van der Waals surface area contributed by atoms with Crippen LogP contribution in [0.15, 0.2) is 60.8 Å². The van der Waals surface area contributed by atoms with Crippen LogP contribution in [0, 0.1) is 6.92 Å². The van der Waals surface area contributed by atoms with Crippen molar-refractivity contribution in [2.24, 2.45) is 0 Å². The number of amides is 1. The Labute approximate surface area is 172 Å². The van der Waals surface area contributed by atoms with E-state index in [-0.39, 0.29) is 11.9 Å². The molecule has 3 heterocycles. The monoisotopic (exact) mass is 401 g/mol. The molecule has 0 radical (unpaired) electrons. The number of carbonyl (C=O) groups is 1. The van der Waals surface area contributed by atoms with Crippen LogP contribution >= 0.6 is 11.3 Å². The molecular weight excluding hydrogens is 382 g/mol. The summed E-state index contributed by atoms with van der Waals surface area (Å²) in [5, 5.41) is 4.06. The topological polar surface area (TPSA) is 64.1 Å². The van der Waals surface area contributed by atoms with Crippen molar-refractivity contribution in [1.82, 2.24) is 15.3 Å². The van der Waals surface area contributed by atoms with E-state index in [0.717, 1.165) is 44.2 Å². The molecule has 1 aliphatic heterocycles. The number of rotatable bonds is 3. The molecule has 1 N–H and O–H groups in total. The normalized spacial score (nSPS) is 15.6. The largest absolute Gasteiger partial charge is 0.493 e. The van der Waals surface area contributed by atoms with Crippen LogP contribution in [-0.2, 0) is 0 Å². The maximum atomic E-state index is 12.9. The van der Waals surface area contributed by atoms with Gasteiger partial charge in [-0.2, -0.15) is 0 Å². The fraction of sp³-hybridized carbons (Fsp3) is 0.174. The van der Waals surface area contributed by atoms with Crippen molar-refractivity contribution in [2.75, 3.05) is 6.61 Å². The Morgan fingerprint density at radius 3 is 2.93 bits per heavy atom. The highest BCUT2D eigenvalue weighted by Gasteiger charge is 2.23. The first kappa shape index (κ1) is 17.8. The van der Waals surface area contributed by atoms with Crippen molar-refractivity contribution in [3.8, 4) is 16.3 Å². The molecule has 0 aliphatic carbocycles. The summed E-state index contributed by atoms with van der Waals surface area (Å²) < 4.78 is 6.67. The van der Waals surface area contributed by atoms with Crippen LogP contribution in [-0.4, -0.2) is 22.5 Å². The number of aryl methyl sites for hydroxylation is 1. The molecule has 2 aromatic heterocycles. The third-order valence-electron chi connectivity index (χ3n) is 5.07. The lowest BCUT2D eigenvalue weighted by molar-refractivity contribution is 0.0925. The molecule has 0 bridgehead atoms. The van der Waals surface area contributed by atoms with Crippen molar-refractivity contribution in [3.63, 3.8) is 0 Å². The Balaban J connectivity index is 1.40. The summed E-state index contributed by atoms with van der Waals surface area (Å²) in [6.07, 6.45) is 2.60. The third-order valence-corrected chi connectivity index (χ3v) is 6.14. The van der Waals surface area contributed by atoms with Gasteiger partial charge in [0.05, 0.1) is 22.9 Å². The number of pyridine rings is 1. The van der Waals surface area contributed by atoms with Gasteiger partial charge in [0.2, 0.25) is 0 Å². The van der Waals surface area contributed by atoms with Gasteiger partial charge in [-0.3, -0.25) is 9.78 Å². The van der Waals surface area contributed by atoms with E-state index in [0.29, 0.717) is 12.2 Å². The van der Waals surface area contributed by atoms with Crippen LogP contribution in [0.2, 0.25) is 0 Å². The third kappa shape index (κ3) is 3.47. The minimum absolute atomic E-state index is 0.0428. The summed E-state index contributed by atoms with van der Waals surface area (Å²) in [6.45, 7) is 2.56. The lowest BCUT2D eigenvalue weighted by Crippen LogP contribution is -2.32. The molecule has 5 rings (SSSR count). The number of nitrogens with one attached hydrogen (secondary N) is 1. The lowest BCUT2D eigenvalue weighted by Gasteiger charge is -2.26. The number of aromatic nitrogens is 2. The zero-order valence-corrected chi connectivity index (χ0v) is 16.7. The van der Waals surface area contributed by atoms with Gasteiger partial charge in [-0.1, -0.05) is 18.2 Å². The molecule has 0 fully saturated rings. The average Bonchev–Trinajstić information content (AvgIpc) is 3.18. The number of fused-ring (bicyclic) bond motifs is 2. The molecule has 1 atom stereocenters. The highest BCUT2D eigenvalue weighted by molar-refractivity contribution is 7.21. The maximum absolute atomic E-state index is 12.9. The first-order valence-electron chi connectivity index (χ1n) is 9.53. The second-order valence-corrected chi connectivity index (χ2v) is 8.12. The van der Waals surface area contributed by atoms with E-state index in [1.165, 1.54) is 0 Å². The van der Waals surface area contributed by atoms with Gasteiger partial charge in [-0.05, 0) is 43.3 Å². The zero-order chi connectivity index (χ0) is 19.8. The minimum Gasteiger partial charge on any atom is -0.493 e. The van der Waals surface area contributed by atoms with E-state index in [2.05, 4.69) is 15.3 Å². The SMILES string of the molecule is Cc1ccc(-c2nc3ccc(C(=O)N[C@H]4CCOc5ccccc54)cc3s2)cn1. The molecule has 0 saturated carbocycles. The molecule has 0 saturated heterocycles. The number of nitrogens with zero attached hydrogens (tertiary/aromatic N) is 2. The predicted octanol–water partition coefficient (Wildman–Crippen LogP) is 4.92. The number of para-hydroxylation sites is 1. The number of thiazole rings is 1. The Morgan fingerprint density at radius 1 is 1.17 bits per heavy atom. The van der Waals surface area contributed by atoms with Gasteiger partial charge in [0.1, 0.15) is 10.8 Å². The summed E-state index contributed by atoms with van der Waals surface area (Å²) in [6, 6.07) is 17.5. The first-order valence-corrected chi connectivity index (χ1v) is 10.4. The maximum Gasteiger partial charge on any atom is 0.251 e. The summed E-state index contributed by atoms with van der Waals surface area (Å²) in [5.41, 5.74) is 4.52. The minimum atomic E-state index is -0.0828. The van der Waals surface area contributed by atoms with Crippen LogP contribution in [0.4, 0.5) is 0 Å². The second kappa shape index (κ2) is 7.29. The molecule has 1 amide bonds. The molecule has 0 unspecified atom stereocenters. The Bertz CT molecular complexity index is 1200. The Kier molecular flexibility index (Phi) is 4.48. The Hall–Kier alpha value is -3.25. The standard InChI is InChI=1S/C23H19N3O2S/c1-14-6-7-16(13-24-14)23-26-19-9-8-15(12-21(19)29-23)22(27)25-18-10-11-28-20-5-3-2-4-17(18)20/h2-9,12-13,18H,10-11H2,1H3,(H,25,27)/t18-/m0/s1. The molecular formula is C23H19N3O2S. The lowest BCUT2D eigenvalue weighted by atomic mass is 10.00. The molecule has 29 heavy (non-hydrogen) atoms. The fourth-order valence-electron chi connectivity index (χ4n) is 3.52. The zero-order valence-electron chi connectivity index (χ0n) is 15.9. The quantitative estimate of drug-likeness (QED) is 0.529. The highest BCUT2D eigenvalue weighted by Crippen LogP contribution is 2.33. The van der Waals surface area contributed by atoms with Gasteiger partial charge in [0.15, 0.2) is 0 Å². The van der Waals surface area contributed by atoms with Crippen LogP contribution in [0.25, 0.3) is 20.8 Å². The van der Waals surface area contributed by atoms with E-state index < -0.39 is 0 Å². The van der Waals surface area contributed by atoms with Gasteiger partial charge in [0, 0.05) is 35.0 Å². The molecule has 0 spiro atoms. The summed E-state index contributed by atoms with van der Waals surface area (Å²) in [4.78, 5) is 21.9. The van der Waals surface area contributed by atoms with Crippen LogP contribution in [0.3, 0.4) is 0 Å². The van der Waals surface area contributed by atoms with Crippen molar-refractivity contribution in [3.05, 3.63) is 77.6 Å². The van der Waals surface area contributed by atoms with Crippen molar-refractivity contribution < 1.29 is 9.53 Å². The van der Waals surface area contributed by atoms with E-state index in [4.69, 9.17) is 4.74 Å². The number of hydrogen-bond donors (Lipinski definition) is 1. The van der Waals surface area contributed by atoms with E-state index in [1.54, 1.807) is 11.3 Å². The smallest absolute Gasteiger partial charge is 0.251 e. The molecule has 5 nitrogen and oxygen atoms in total. The average molecular weight is 401 g/mol. The van der Waals surface area contributed by atoms with Crippen molar-refractivity contribution in [1.29, 1.82) is 0 Å². The molecule has 1 aliphatic rings. The van der Waals surface area contributed by atoms with Gasteiger partial charge in [-0.15, -0.1) is 11.3 Å². The molecule has 144 valence electrons. The van der Waals surface area contributed by atoms with Crippen LogP contribution in [0.5, 0.6) is 5.75 Å². The fourth-order valence-corrected chi connectivity index (χ4v) is 4.51. The Morgan fingerprint density at radius 2 is 2.07 bits per heavy atom. The predicted molar refractivity (Wildman–Crippen MR) is 114 cm³/mol. The number of hydrogen-bond acceptors (Lipinski definition) is 5. The summed E-state index contributed by atoms with van der Waals surface area (Å²) >= 11 is 1.57. The second-order valence-electron chi connectivity index (χ2n) is 7.09. The molecule has 4 aromatic rings. The van der Waals surface area contributed by atoms with Gasteiger partial charge < -0.3 is 10.1 Å². The van der Waals surface area contributed by atoms with Gasteiger partial charge >= 0.3 is 0 Å². The van der Waals surface area contributed by atoms with Gasteiger partial charge in [-0.25, -0.2) is 4.98 Å². The number of ether oxygens (including phenoxy) is 1. The number of benzene rings is 2. The van der Waals surface area contributed by atoms with Gasteiger partial charge in [0.25, 0.3) is 5.91 Å². The highest BCUT2D eigenvalue weighted by atomic mass is 32.1. The van der Waals surface area contributed by atoms with E-state index >= 15 is 0 Å². The van der Waals surface area contributed by atoms with E-state index in [9.17, 15) is 4.79 Å². The van der Waals surface area contributed by atoms with Crippen molar-refractivity contribution in [2.45, 2.75) is 19.4 Å². The molecule has 2 aromatic carbocycles. The number of carbonyl (C=O) groups excluding carboxylic acids is 1. The molecule has 6 heteroatoms. The first-order chi connectivity index (χ1) is 14.2. The van der Waals surface area contributed by atoms with Crippen LogP contribution < -0.4 is 10.1 Å². The summed E-state index contributed by atoms with van der Waals surface area (Å²) in [5.74, 6) is 0.763. The van der Waals surface area contributed by atoms with Crippen molar-refractivity contribution >= 4 is 27.5 Å². The summed E-state index contributed by atoms with van der Waals surface area (Å²) in [7, 11) is 0. The van der Waals surface area contributed by atoms with E-state index in [1.807, 2.05) is 67.7 Å².